The lowest BCUT2D eigenvalue weighted by molar-refractivity contribution is 0.00897. The van der Waals surface area contributed by atoms with E-state index in [2.05, 4.69) is 12.4 Å². The van der Waals surface area contributed by atoms with E-state index >= 15 is 0 Å². The Morgan fingerprint density at radius 1 is 1.08 bits per heavy atom. The van der Waals surface area contributed by atoms with Gasteiger partial charge in [0.2, 0.25) is 0 Å². The van der Waals surface area contributed by atoms with Crippen molar-refractivity contribution in [1.82, 2.24) is 5.32 Å². The van der Waals surface area contributed by atoms with Crippen molar-refractivity contribution < 1.29 is 4.74 Å². The fourth-order valence-electron chi connectivity index (χ4n) is 2.01. The van der Waals surface area contributed by atoms with E-state index in [0.29, 0.717) is 18.2 Å². The summed E-state index contributed by atoms with van der Waals surface area (Å²) in [4.78, 5) is 0. The number of rotatable bonds is 3. The second-order valence-electron chi connectivity index (χ2n) is 4.11. The molecule has 0 unspecified atom stereocenters. The van der Waals surface area contributed by atoms with E-state index in [1.807, 2.05) is 0 Å². The highest BCUT2D eigenvalue weighted by atomic mass is 35.5. The Bertz CT molecular complexity index is 150. The molecule has 3 heteroatoms. The van der Waals surface area contributed by atoms with E-state index in [0.717, 1.165) is 0 Å². The number of hydrogen-bond acceptors (Lipinski definition) is 2. The molecule has 2 saturated carbocycles. The van der Waals surface area contributed by atoms with E-state index in [9.17, 15) is 0 Å². The summed E-state index contributed by atoms with van der Waals surface area (Å²) in [5, 5.41) is 3.35. The van der Waals surface area contributed by atoms with Crippen molar-refractivity contribution in [2.75, 3.05) is 7.05 Å². The number of halogens is 1. The molecule has 1 N–H and O–H groups in total. The van der Waals surface area contributed by atoms with Gasteiger partial charge in [-0.15, -0.1) is 12.4 Å². The van der Waals surface area contributed by atoms with Gasteiger partial charge in [0.25, 0.3) is 0 Å². The zero-order chi connectivity index (χ0) is 8.39. The summed E-state index contributed by atoms with van der Waals surface area (Å²) in [7, 11) is 2.06. The predicted octanol–water partition coefficient (Wildman–Crippen LogP) is 2.12. The van der Waals surface area contributed by atoms with Gasteiger partial charge >= 0.3 is 0 Å². The van der Waals surface area contributed by atoms with Crippen molar-refractivity contribution in [3.63, 3.8) is 0 Å². The molecule has 0 amide bonds. The van der Waals surface area contributed by atoms with E-state index in [-0.39, 0.29) is 12.4 Å². The molecule has 0 aromatic heterocycles. The predicted molar refractivity (Wildman–Crippen MR) is 56.5 cm³/mol. The molecule has 0 spiro atoms. The van der Waals surface area contributed by atoms with Gasteiger partial charge in [-0.2, -0.15) is 0 Å². The van der Waals surface area contributed by atoms with Gasteiger partial charge in [-0.3, -0.25) is 0 Å². The van der Waals surface area contributed by atoms with Crippen molar-refractivity contribution >= 4 is 12.4 Å². The van der Waals surface area contributed by atoms with Crippen LogP contribution in [0.3, 0.4) is 0 Å². The van der Waals surface area contributed by atoms with Crippen LogP contribution in [0.25, 0.3) is 0 Å². The molecule has 0 saturated heterocycles. The van der Waals surface area contributed by atoms with Crippen LogP contribution in [0.1, 0.15) is 38.5 Å². The lowest BCUT2D eigenvalue weighted by atomic mass is 9.93. The summed E-state index contributed by atoms with van der Waals surface area (Å²) in [5.41, 5.74) is 0. The molecule has 0 aromatic carbocycles. The first-order chi connectivity index (χ1) is 5.88. The Morgan fingerprint density at radius 2 is 1.85 bits per heavy atom. The lowest BCUT2D eigenvalue weighted by Crippen LogP contribution is -2.35. The minimum absolute atomic E-state index is 0. The largest absolute Gasteiger partial charge is 0.375 e. The Hall–Kier alpha value is 0.210. The first-order valence-electron chi connectivity index (χ1n) is 5.21. The van der Waals surface area contributed by atoms with E-state index in [1.54, 1.807) is 0 Å². The van der Waals surface area contributed by atoms with Gasteiger partial charge in [0.1, 0.15) is 0 Å². The fraction of sp³-hybridized carbons (Fsp3) is 1.00. The Labute approximate surface area is 86.8 Å². The average molecular weight is 206 g/mol. The van der Waals surface area contributed by atoms with Gasteiger partial charge < -0.3 is 10.1 Å². The van der Waals surface area contributed by atoms with E-state index in [4.69, 9.17) is 4.74 Å². The van der Waals surface area contributed by atoms with Gasteiger partial charge in [0.05, 0.1) is 12.2 Å². The summed E-state index contributed by atoms with van der Waals surface area (Å²) in [6, 6.07) is 0.711. The second-order valence-corrected chi connectivity index (χ2v) is 4.11. The van der Waals surface area contributed by atoms with Crippen LogP contribution in [0.5, 0.6) is 0 Å². The average Bonchev–Trinajstić information content (AvgIpc) is 2.89. The van der Waals surface area contributed by atoms with Crippen molar-refractivity contribution in [3.05, 3.63) is 0 Å². The lowest BCUT2D eigenvalue weighted by Gasteiger charge is -2.28. The highest BCUT2D eigenvalue weighted by Crippen LogP contribution is 2.30. The molecule has 2 aliphatic rings. The summed E-state index contributed by atoms with van der Waals surface area (Å²) in [6.07, 6.45) is 8.99. The maximum Gasteiger partial charge on any atom is 0.0593 e. The van der Waals surface area contributed by atoms with Crippen LogP contribution in [-0.2, 0) is 4.74 Å². The minimum Gasteiger partial charge on any atom is -0.375 e. The zero-order valence-corrected chi connectivity index (χ0v) is 9.11. The molecule has 0 heterocycles. The molecule has 2 aliphatic carbocycles. The summed E-state index contributed by atoms with van der Waals surface area (Å²) in [6.45, 7) is 0. The molecule has 2 nitrogen and oxygen atoms in total. The monoisotopic (exact) mass is 205 g/mol. The first-order valence-corrected chi connectivity index (χ1v) is 5.21. The molecule has 0 radical (unpaired) electrons. The molecular formula is C10H20ClNO. The zero-order valence-electron chi connectivity index (χ0n) is 8.29. The SMILES string of the molecule is CN[C@H]1CCC[C@H](OC2CC2)C1.Cl. The third kappa shape index (κ3) is 3.45. The van der Waals surface area contributed by atoms with Crippen molar-refractivity contribution in [2.24, 2.45) is 0 Å². The van der Waals surface area contributed by atoms with Crippen molar-refractivity contribution in [3.8, 4) is 0 Å². The van der Waals surface area contributed by atoms with Gasteiger partial charge in [-0.1, -0.05) is 0 Å². The van der Waals surface area contributed by atoms with Gasteiger partial charge in [-0.05, 0) is 45.6 Å². The normalized spacial score (nSPS) is 33.9. The van der Waals surface area contributed by atoms with Crippen LogP contribution in [-0.4, -0.2) is 25.3 Å². The standard InChI is InChI=1S/C10H19NO.ClH/c1-11-8-3-2-4-10(7-8)12-9-5-6-9;/h8-11H,2-7H2,1H3;1H/t8-,10-;/m0./s1. The molecule has 2 fully saturated rings. The number of hydrogen-bond donors (Lipinski definition) is 1. The summed E-state index contributed by atoms with van der Waals surface area (Å²) in [5.74, 6) is 0. The van der Waals surface area contributed by atoms with Gasteiger partial charge in [-0.25, -0.2) is 0 Å². The molecule has 0 aliphatic heterocycles. The molecule has 2 atom stereocenters. The van der Waals surface area contributed by atoms with Crippen LogP contribution in [0, 0.1) is 0 Å². The maximum absolute atomic E-state index is 5.89. The van der Waals surface area contributed by atoms with Gasteiger partial charge in [0, 0.05) is 6.04 Å². The second kappa shape index (κ2) is 5.18. The Kier molecular flexibility index (Phi) is 4.50. The first kappa shape index (κ1) is 11.3. The Balaban J connectivity index is 0.000000845. The smallest absolute Gasteiger partial charge is 0.0593 e. The number of ether oxygens (including phenoxy) is 1. The topological polar surface area (TPSA) is 21.3 Å². The molecule has 78 valence electrons. The highest BCUT2D eigenvalue weighted by molar-refractivity contribution is 5.85. The summed E-state index contributed by atoms with van der Waals surface area (Å²) >= 11 is 0. The quantitative estimate of drug-likeness (QED) is 0.762. The third-order valence-electron chi connectivity index (χ3n) is 2.94. The van der Waals surface area contributed by atoms with Crippen LogP contribution in [0.15, 0.2) is 0 Å². The summed E-state index contributed by atoms with van der Waals surface area (Å²) < 4.78 is 5.89. The van der Waals surface area contributed by atoms with Gasteiger partial charge in [0.15, 0.2) is 0 Å². The highest BCUT2D eigenvalue weighted by Gasteiger charge is 2.29. The van der Waals surface area contributed by atoms with Crippen LogP contribution >= 0.6 is 12.4 Å². The molecule has 0 bridgehead atoms. The van der Waals surface area contributed by atoms with Crippen molar-refractivity contribution in [1.29, 1.82) is 0 Å². The third-order valence-corrected chi connectivity index (χ3v) is 2.94. The fourth-order valence-corrected chi connectivity index (χ4v) is 2.01. The van der Waals surface area contributed by atoms with Crippen LogP contribution in [0.4, 0.5) is 0 Å². The molecule has 13 heavy (non-hydrogen) atoms. The molecule has 0 aromatic rings. The Morgan fingerprint density at radius 3 is 2.46 bits per heavy atom. The van der Waals surface area contributed by atoms with E-state index in [1.165, 1.54) is 38.5 Å². The van der Waals surface area contributed by atoms with E-state index < -0.39 is 0 Å². The minimum atomic E-state index is 0. The maximum atomic E-state index is 5.89. The van der Waals surface area contributed by atoms with Crippen molar-refractivity contribution in [2.45, 2.75) is 56.8 Å². The molecule has 2 rings (SSSR count). The molecular weight excluding hydrogens is 186 g/mol. The van der Waals surface area contributed by atoms with Crippen LogP contribution in [0.2, 0.25) is 0 Å². The van der Waals surface area contributed by atoms with Crippen LogP contribution < -0.4 is 5.32 Å². The number of nitrogens with one attached hydrogen (secondary N) is 1.